The fourth-order valence-electron chi connectivity index (χ4n) is 1.35. The SMILES string of the molecule is CC(Cl)C1C=CC=CC1C(F)F. The molecule has 12 heavy (non-hydrogen) atoms. The van der Waals surface area contributed by atoms with E-state index in [2.05, 4.69) is 0 Å². The van der Waals surface area contributed by atoms with Crippen LogP contribution in [0.2, 0.25) is 0 Å². The maximum Gasteiger partial charge on any atom is 0.245 e. The molecule has 1 rings (SSSR count). The van der Waals surface area contributed by atoms with Crippen LogP contribution in [-0.2, 0) is 0 Å². The van der Waals surface area contributed by atoms with Gasteiger partial charge in [-0.05, 0) is 6.92 Å². The summed E-state index contributed by atoms with van der Waals surface area (Å²) in [7, 11) is 0. The van der Waals surface area contributed by atoms with Crippen molar-refractivity contribution in [1.29, 1.82) is 0 Å². The Kier molecular flexibility index (Phi) is 3.27. The number of rotatable bonds is 2. The number of alkyl halides is 3. The first kappa shape index (κ1) is 9.72. The van der Waals surface area contributed by atoms with Gasteiger partial charge in [0.25, 0.3) is 0 Å². The van der Waals surface area contributed by atoms with Gasteiger partial charge in [0.2, 0.25) is 6.43 Å². The molecule has 3 unspecified atom stereocenters. The van der Waals surface area contributed by atoms with Crippen LogP contribution in [0.3, 0.4) is 0 Å². The monoisotopic (exact) mass is 192 g/mol. The molecular formula is C9H11ClF2. The zero-order chi connectivity index (χ0) is 9.14. The van der Waals surface area contributed by atoms with Gasteiger partial charge in [0, 0.05) is 17.2 Å². The summed E-state index contributed by atoms with van der Waals surface area (Å²) >= 11 is 5.78. The second kappa shape index (κ2) is 4.04. The van der Waals surface area contributed by atoms with Crippen LogP contribution < -0.4 is 0 Å². The smallest absolute Gasteiger partial charge is 0.210 e. The van der Waals surface area contributed by atoms with Crippen LogP contribution in [0.5, 0.6) is 0 Å². The molecule has 0 heterocycles. The van der Waals surface area contributed by atoms with Crippen molar-refractivity contribution in [3.05, 3.63) is 24.3 Å². The maximum absolute atomic E-state index is 12.4. The fraction of sp³-hybridized carbons (Fsp3) is 0.556. The summed E-state index contributed by atoms with van der Waals surface area (Å²) in [6.45, 7) is 1.74. The lowest BCUT2D eigenvalue weighted by atomic mass is 9.86. The zero-order valence-electron chi connectivity index (χ0n) is 6.75. The highest BCUT2D eigenvalue weighted by atomic mass is 35.5. The van der Waals surface area contributed by atoms with Crippen molar-refractivity contribution in [3.8, 4) is 0 Å². The van der Waals surface area contributed by atoms with Gasteiger partial charge in [0.15, 0.2) is 0 Å². The van der Waals surface area contributed by atoms with E-state index in [9.17, 15) is 8.78 Å². The lowest BCUT2D eigenvalue weighted by molar-refractivity contribution is 0.0791. The summed E-state index contributed by atoms with van der Waals surface area (Å²) in [5.41, 5.74) is 0. The van der Waals surface area contributed by atoms with Gasteiger partial charge >= 0.3 is 0 Å². The summed E-state index contributed by atoms with van der Waals surface area (Å²) in [6, 6.07) is 0. The highest BCUT2D eigenvalue weighted by molar-refractivity contribution is 6.20. The molecule has 0 amide bonds. The molecule has 0 aromatic carbocycles. The quantitative estimate of drug-likeness (QED) is 0.590. The third-order valence-electron chi connectivity index (χ3n) is 2.04. The van der Waals surface area contributed by atoms with Gasteiger partial charge in [-0.2, -0.15) is 0 Å². The lowest BCUT2D eigenvalue weighted by Gasteiger charge is -2.25. The fourth-order valence-corrected chi connectivity index (χ4v) is 1.60. The second-order valence-corrected chi connectivity index (χ2v) is 3.62. The minimum absolute atomic E-state index is 0.239. The number of hydrogen-bond acceptors (Lipinski definition) is 0. The largest absolute Gasteiger partial charge is 0.245 e. The second-order valence-electron chi connectivity index (χ2n) is 2.94. The van der Waals surface area contributed by atoms with E-state index in [1.807, 2.05) is 0 Å². The highest BCUT2D eigenvalue weighted by Crippen LogP contribution is 2.30. The van der Waals surface area contributed by atoms with Crippen molar-refractivity contribution in [2.24, 2.45) is 11.8 Å². The van der Waals surface area contributed by atoms with Gasteiger partial charge in [-0.3, -0.25) is 0 Å². The van der Waals surface area contributed by atoms with Gasteiger partial charge < -0.3 is 0 Å². The molecule has 68 valence electrons. The maximum atomic E-state index is 12.4. The molecule has 1 aliphatic carbocycles. The summed E-state index contributed by atoms with van der Waals surface area (Å²) in [5, 5.41) is -0.245. The molecule has 0 aliphatic heterocycles. The Morgan fingerprint density at radius 1 is 1.17 bits per heavy atom. The van der Waals surface area contributed by atoms with Crippen LogP contribution in [0.1, 0.15) is 6.92 Å². The minimum Gasteiger partial charge on any atom is -0.210 e. The van der Waals surface area contributed by atoms with Crippen molar-refractivity contribution in [3.63, 3.8) is 0 Å². The van der Waals surface area contributed by atoms with Gasteiger partial charge in [-0.15, -0.1) is 11.6 Å². The number of hydrogen-bond donors (Lipinski definition) is 0. The summed E-state index contributed by atoms with van der Waals surface area (Å²) in [4.78, 5) is 0. The van der Waals surface area contributed by atoms with Crippen LogP contribution in [0.25, 0.3) is 0 Å². The first-order valence-electron chi connectivity index (χ1n) is 3.90. The van der Waals surface area contributed by atoms with E-state index in [-0.39, 0.29) is 11.3 Å². The Balaban J connectivity index is 2.71. The Morgan fingerprint density at radius 2 is 1.67 bits per heavy atom. The Hall–Kier alpha value is -0.370. The van der Waals surface area contributed by atoms with Gasteiger partial charge in [0.1, 0.15) is 0 Å². The van der Waals surface area contributed by atoms with E-state index in [0.717, 1.165) is 0 Å². The summed E-state index contributed by atoms with van der Waals surface area (Å²) in [5.74, 6) is -0.959. The molecule has 0 saturated heterocycles. The van der Waals surface area contributed by atoms with Gasteiger partial charge in [-0.1, -0.05) is 24.3 Å². The lowest BCUT2D eigenvalue weighted by Crippen LogP contribution is -2.25. The molecule has 0 fully saturated rings. The zero-order valence-corrected chi connectivity index (χ0v) is 7.51. The van der Waals surface area contributed by atoms with E-state index < -0.39 is 12.3 Å². The molecular weight excluding hydrogens is 182 g/mol. The van der Waals surface area contributed by atoms with Crippen molar-refractivity contribution in [2.45, 2.75) is 18.7 Å². The molecule has 1 aliphatic rings. The topological polar surface area (TPSA) is 0 Å². The van der Waals surface area contributed by atoms with E-state index in [1.165, 1.54) is 6.08 Å². The standard InChI is InChI=1S/C9H11ClF2/c1-6(10)7-4-2-3-5-8(7)9(11)12/h2-9H,1H3. The van der Waals surface area contributed by atoms with Crippen molar-refractivity contribution < 1.29 is 8.78 Å². The molecule has 0 aromatic heterocycles. The molecule has 0 nitrogen and oxygen atoms in total. The average molecular weight is 193 g/mol. The Bertz CT molecular complexity index is 175. The molecule has 0 saturated carbocycles. The first-order valence-corrected chi connectivity index (χ1v) is 4.34. The van der Waals surface area contributed by atoms with Crippen LogP contribution in [0.15, 0.2) is 24.3 Å². The summed E-state index contributed by atoms with van der Waals surface area (Å²) in [6.07, 6.45) is 4.36. The Morgan fingerprint density at radius 3 is 2.00 bits per heavy atom. The summed E-state index contributed by atoms with van der Waals surface area (Å²) < 4.78 is 24.8. The minimum atomic E-state index is -2.32. The van der Waals surface area contributed by atoms with Gasteiger partial charge in [-0.25, -0.2) is 8.78 Å². The first-order chi connectivity index (χ1) is 5.63. The van der Waals surface area contributed by atoms with E-state index in [0.29, 0.717) is 0 Å². The molecule has 0 radical (unpaired) electrons. The van der Waals surface area contributed by atoms with E-state index in [4.69, 9.17) is 11.6 Å². The average Bonchev–Trinajstić information content (AvgIpc) is 2.04. The molecule has 3 atom stereocenters. The predicted molar refractivity (Wildman–Crippen MR) is 46.6 cm³/mol. The van der Waals surface area contributed by atoms with Crippen LogP contribution in [0, 0.1) is 11.8 Å². The van der Waals surface area contributed by atoms with Crippen molar-refractivity contribution >= 4 is 11.6 Å². The van der Waals surface area contributed by atoms with Crippen LogP contribution >= 0.6 is 11.6 Å². The predicted octanol–water partition coefficient (Wildman–Crippen LogP) is 3.24. The molecule has 0 aromatic rings. The van der Waals surface area contributed by atoms with E-state index in [1.54, 1.807) is 25.2 Å². The highest BCUT2D eigenvalue weighted by Gasteiger charge is 2.29. The normalized spacial score (nSPS) is 31.1. The van der Waals surface area contributed by atoms with Gasteiger partial charge in [0.05, 0.1) is 0 Å². The molecule has 0 bridgehead atoms. The van der Waals surface area contributed by atoms with Crippen molar-refractivity contribution in [1.82, 2.24) is 0 Å². The molecule has 3 heteroatoms. The third-order valence-corrected chi connectivity index (χ3v) is 2.33. The van der Waals surface area contributed by atoms with Crippen LogP contribution in [0.4, 0.5) is 8.78 Å². The number of allylic oxidation sites excluding steroid dienone is 4. The Labute approximate surface area is 75.9 Å². The third kappa shape index (κ3) is 2.07. The van der Waals surface area contributed by atoms with Crippen molar-refractivity contribution in [2.75, 3.05) is 0 Å². The number of halogens is 3. The van der Waals surface area contributed by atoms with Crippen LogP contribution in [-0.4, -0.2) is 11.8 Å². The van der Waals surface area contributed by atoms with E-state index >= 15 is 0 Å². The molecule has 0 spiro atoms. The molecule has 0 N–H and O–H groups in total.